The molecule has 7 rings (SSSR count). The van der Waals surface area contributed by atoms with Gasteiger partial charge < -0.3 is 25.0 Å². The van der Waals surface area contributed by atoms with Crippen LogP contribution in [0.15, 0.2) is 30.4 Å². The fraction of sp³-hybridized carbons (Fsp3) is 0.625. The number of hydrogen-bond donors (Lipinski definition) is 3. The Hall–Kier alpha value is -4.27. The number of carbonyl (C=O) groups is 4. The number of aromatic nitrogens is 1. The largest absolute Gasteiger partial charge is 0.483 e. The Balaban J connectivity index is 1.24. The fourth-order valence-electron chi connectivity index (χ4n) is 8.47. The van der Waals surface area contributed by atoms with Crippen molar-refractivity contribution in [3.05, 3.63) is 47.4 Å². The summed E-state index contributed by atoms with van der Waals surface area (Å²) in [6, 6.07) is 2.65. The van der Waals surface area contributed by atoms with E-state index in [1.165, 1.54) is 11.0 Å². The van der Waals surface area contributed by atoms with E-state index in [1.54, 1.807) is 26.0 Å². The van der Waals surface area contributed by atoms with Gasteiger partial charge in [0.1, 0.15) is 40.3 Å². The number of alkyl carbamates (subject to hydrolysis) is 1. The van der Waals surface area contributed by atoms with Crippen molar-refractivity contribution in [3.63, 3.8) is 0 Å². The molecule has 5 atom stereocenters. The fourth-order valence-corrected chi connectivity index (χ4v) is 9.79. The predicted molar refractivity (Wildman–Crippen MR) is 202 cm³/mol. The first kappa shape index (κ1) is 39.0. The molecule has 0 radical (unpaired) electrons. The molecule has 13 nitrogen and oxygen atoms in total. The minimum Gasteiger partial charge on any atom is -0.483 e. The molecule has 0 bridgehead atoms. The number of pyridine rings is 1. The number of nitrogens with zero attached hydrogens (tertiary/aromatic N) is 2. The summed E-state index contributed by atoms with van der Waals surface area (Å²) in [5.41, 5.74) is -1.09. The van der Waals surface area contributed by atoms with Crippen molar-refractivity contribution in [1.82, 2.24) is 25.2 Å². The topological polar surface area (TPSA) is 173 Å². The lowest BCUT2D eigenvalue weighted by Crippen LogP contribution is -2.70. The van der Waals surface area contributed by atoms with E-state index in [9.17, 15) is 32.0 Å². The Morgan fingerprint density at radius 3 is 2.62 bits per heavy atom. The number of carbonyl (C=O) groups excluding carboxylic acids is 4. The molecule has 3 aliphatic heterocycles. The molecular weight excluding hydrogens is 730 g/mol. The zero-order chi connectivity index (χ0) is 39.3. The highest BCUT2D eigenvalue weighted by molar-refractivity contribution is 7.91. The van der Waals surface area contributed by atoms with Gasteiger partial charge in [0.15, 0.2) is 0 Å². The molecule has 2 aliphatic carbocycles. The first-order valence-electron chi connectivity index (χ1n) is 19.6. The van der Waals surface area contributed by atoms with Gasteiger partial charge in [0.05, 0.1) is 23.6 Å². The van der Waals surface area contributed by atoms with Crippen LogP contribution >= 0.6 is 0 Å². The highest BCUT2D eigenvalue weighted by Crippen LogP contribution is 2.47. The minimum atomic E-state index is -4.02. The predicted octanol–water partition coefficient (Wildman–Crippen LogP) is 4.88. The normalized spacial score (nSPS) is 29.1. The van der Waals surface area contributed by atoms with Crippen LogP contribution in [-0.4, -0.2) is 83.2 Å². The summed E-state index contributed by atoms with van der Waals surface area (Å²) in [4.78, 5) is 62.5. The molecule has 1 aromatic carbocycles. The Bertz CT molecular complexity index is 2040. The van der Waals surface area contributed by atoms with Crippen molar-refractivity contribution in [1.29, 1.82) is 0 Å². The van der Waals surface area contributed by atoms with Crippen LogP contribution < -0.4 is 20.1 Å². The molecule has 2 saturated carbocycles. The number of rotatable bonds is 6. The van der Waals surface area contributed by atoms with Crippen LogP contribution in [0.25, 0.3) is 10.9 Å². The monoisotopic (exact) mass is 781 g/mol. The van der Waals surface area contributed by atoms with Crippen LogP contribution in [-0.2, 0) is 35.6 Å². The van der Waals surface area contributed by atoms with Crippen LogP contribution in [0.3, 0.4) is 0 Å². The average Bonchev–Trinajstić information content (AvgIpc) is 3.80. The smallest absolute Gasteiger partial charge is 0.407 e. The van der Waals surface area contributed by atoms with E-state index in [0.717, 1.165) is 18.4 Å². The molecule has 4 heterocycles. The lowest BCUT2D eigenvalue weighted by atomic mass is 9.65. The first-order chi connectivity index (χ1) is 26.1. The number of fused-ring (bicyclic) bond motifs is 5. The second kappa shape index (κ2) is 14.7. The molecule has 5 aliphatic rings. The molecule has 15 heteroatoms. The number of aryl methyl sites for hydroxylation is 2. The van der Waals surface area contributed by atoms with Gasteiger partial charge in [-0.25, -0.2) is 22.6 Å². The number of benzene rings is 1. The van der Waals surface area contributed by atoms with Gasteiger partial charge in [-0.1, -0.05) is 51.0 Å². The van der Waals surface area contributed by atoms with Crippen molar-refractivity contribution in [3.8, 4) is 5.75 Å². The number of ether oxygens (including phenoxy) is 2. The van der Waals surface area contributed by atoms with E-state index < -0.39 is 73.5 Å². The summed E-state index contributed by atoms with van der Waals surface area (Å²) >= 11 is 0. The summed E-state index contributed by atoms with van der Waals surface area (Å²) in [6.45, 7) is 7.31. The summed E-state index contributed by atoms with van der Waals surface area (Å²) in [5.74, 6) is -2.24. The minimum absolute atomic E-state index is 0.00152. The van der Waals surface area contributed by atoms with E-state index >= 15 is 0 Å². The molecule has 5 unspecified atom stereocenters. The van der Waals surface area contributed by atoms with Crippen LogP contribution in [0.5, 0.6) is 5.75 Å². The Kier molecular flexibility index (Phi) is 10.4. The van der Waals surface area contributed by atoms with Gasteiger partial charge in [-0.2, -0.15) is 0 Å². The van der Waals surface area contributed by atoms with Crippen molar-refractivity contribution in [2.24, 2.45) is 11.8 Å². The van der Waals surface area contributed by atoms with Crippen LogP contribution in [0.4, 0.5) is 9.18 Å². The number of halogens is 1. The standard InChI is InChI=1S/C40H52FN5O8S/c1-24(2)22-53-37(50)43-30-14-9-7-5-6-8-11-26-15-18-40(26,36(49)45-55(51,52)38(4)19-20-38)44-34(47)31-21-39(23-46(31)35(30)48)17-16-28-27-12-10-13-29(41)32(27)42-25(3)33(28)54-39/h8,10-13,24,26,30-31H,5-7,9,14-23H2,1-4H3,(H,43,50)(H,44,47)(H,45,49). The summed E-state index contributed by atoms with van der Waals surface area (Å²) in [5, 5.41) is 6.38. The van der Waals surface area contributed by atoms with E-state index in [2.05, 4.69) is 20.3 Å². The van der Waals surface area contributed by atoms with E-state index in [0.29, 0.717) is 68.2 Å². The van der Waals surface area contributed by atoms with Gasteiger partial charge in [0, 0.05) is 23.3 Å². The summed E-state index contributed by atoms with van der Waals surface area (Å²) < 4.78 is 54.8. The molecule has 1 saturated heterocycles. The maximum Gasteiger partial charge on any atom is 0.407 e. The third kappa shape index (κ3) is 7.40. The van der Waals surface area contributed by atoms with Crippen LogP contribution in [0.2, 0.25) is 0 Å². The summed E-state index contributed by atoms with van der Waals surface area (Å²) in [6.07, 6.45) is 8.85. The van der Waals surface area contributed by atoms with Gasteiger partial charge in [0.2, 0.25) is 21.8 Å². The lowest BCUT2D eigenvalue weighted by Gasteiger charge is -2.48. The average molecular weight is 782 g/mol. The van der Waals surface area contributed by atoms with Gasteiger partial charge in [-0.05, 0) is 83.6 Å². The highest BCUT2D eigenvalue weighted by Gasteiger charge is 2.59. The molecule has 55 heavy (non-hydrogen) atoms. The van der Waals surface area contributed by atoms with Crippen molar-refractivity contribution < 1.29 is 41.5 Å². The number of nitrogens with one attached hydrogen (secondary N) is 3. The molecule has 3 N–H and O–H groups in total. The van der Waals surface area contributed by atoms with E-state index in [4.69, 9.17) is 9.47 Å². The maximum absolute atomic E-state index is 14.8. The first-order valence-corrected chi connectivity index (χ1v) is 21.1. The number of amides is 4. The molecule has 3 fully saturated rings. The van der Waals surface area contributed by atoms with E-state index in [-0.39, 0.29) is 37.4 Å². The van der Waals surface area contributed by atoms with Crippen molar-refractivity contribution in [2.75, 3.05) is 13.2 Å². The third-order valence-corrected chi connectivity index (χ3v) is 14.4. The van der Waals surface area contributed by atoms with E-state index in [1.807, 2.05) is 26.0 Å². The Morgan fingerprint density at radius 2 is 1.91 bits per heavy atom. The third-order valence-electron chi connectivity index (χ3n) is 12.3. The second-order valence-corrected chi connectivity index (χ2v) is 19.1. The zero-order valence-corrected chi connectivity index (χ0v) is 32.9. The Morgan fingerprint density at radius 1 is 1.13 bits per heavy atom. The molecule has 1 spiro atoms. The highest BCUT2D eigenvalue weighted by atomic mass is 32.2. The Labute approximate surface area is 321 Å². The zero-order valence-electron chi connectivity index (χ0n) is 32.0. The van der Waals surface area contributed by atoms with Crippen molar-refractivity contribution >= 4 is 44.7 Å². The van der Waals surface area contributed by atoms with Crippen LogP contribution in [0, 0.1) is 24.6 Å². The van der Waals surface area contributed by atoms with Gasteiger partial charge >= 0.3 is 6.09 Å². The summed E-state index contributed by atoms with van der Waals surface area (Å²) in [7, 11) is -4.02. The quantitative estimate of drug-likeness (QED) is 0.346. The molecular formula is C40H52FN5O8S. The SMILES string of the molecule is Cc1nc2c(F)cccc2c2c1OC1(CC2)CC2C(=O)NC3(C(=O)NS(=O)(=O)C4(C)CC4)CCC3C=CCCCCCC(NC(=O)OCC(C)C)C(=O)N2C1. The molecule has 1 aromatic heterocycles. The van der Waals surface area contributed by atoms with Gasteiger partial charge in [-0.3, -0.25) is 19.1 Å². The number of sulfonamides is 1. The number of hydrogen-bond acceptors (Lipinski definition) is 9. The second-order valence-electron chi connectivity index (χ2n) is 16.9. The van der Waals surface area contributed by atoms with Gasteiger partial charge in [-0.15, -0.1) is 0 Å². The number of allylic oxidation sites excluding steroid dienone is 1. The molecule has 4 amide bonds. The maximum atomic E-state index is 14.8. The van der Waals surface area contributed by atoms with Gasteiger partial charge in [0.25, 0.3) is 5.91 Å². The molecule has 298 valence electrons. The van der Waals surface area contributed by atoms with Crippen molar-refractivity contribution in [2.45, 2.75) is 133 Å². The van der Waals surface area contributed by atoms with Crippen LogP contribution in [0.1, 0.15) is 103 Å². The molecule has 2 aromatic rings. The number of para-hydroxylation sites is 1. The lowest BCUT2D eigenvalue weighted by molar-refractivity contribution is -0.144.